The van der Waals surface area contributed by atoms with E-state index in [1.807, 2.05) is 17.5 Å². The van der Waals surface area contributed by atoms with Crippen LogP contribution in [0.4, 0.5) is 5.13 Å². The fourth-order valence-corrected chi connectivity index (χ4v) is 3.60. The second-order valence-electron chi connectivity index (χ2n) is 4.97. The van der Waals surface area contributed by atoms with Gasteiger partial charge in [0.05, 0.1) is 23.4 Å². The molecule has 0 aliphatic carbocycles. The SMILES string of the molecule is COc1c(Cl)cc(Cl)cc1C(=O)Nc1nc(-c2ccc(Cl)cc2)cs1. The number of hydrogen-bond acceptors (Lipinski definition) is 4. The Kier molecular flexibility index (Phi) is 5.49. The number of amides is 1. The molecule has 0 unspecified atom stereocenters. The summed E-state index contributed by atoms with van der Waals surface area (Å²) >= 11 is 19.2. The van der Waals surface area contributed by atoms with E-state index < -0.39 is 5.91 Å². The van der Waals surface area contributed by atoms with Crippen molar-refractivity contribution < 1.29 is 9.53 Å². The van der Waals surface area contributed by atoms with Crippen LogP contribution >= 0.6 is 46.1 Å². The lowest BCUT2D eigenvalue weighted by molar-refractivity contribution is 0.102. The smallest absolute Gasteiger partial charge is 0.261 e. The molecule has 1 aromatic heterocycles. The van der Waals surface area contributed by atoms with Crippen LogP contribution in [0.5, 0.6) is 5.75 Å². The lowest BCUT2D eigenvalue weighted by Crippen LogP contribution is -2.13. The summed E-state index contributed by atoms with van der Waals surface area (Å²) in [5.74, 6) is -0.142. The highest BCUT2D eigenvalue weighted by Crippen LogP contribution is 2.33. The standard InChI is InChI=1S/C17H11Cl3N2O2S/c1-24-15-12(6-11(19)7-13(15)20)16(23)22-17-21-14(8-25-17)9-2-4-10(18)5-3-9/h2-8H,1H3,(H,21,22,23). The van der Waals surface area contributed by atoms with E-state index in [1.54, 1.807) is 12.1 Å². The van der Waals surface area contributed by atoms with Crippen molar-refractivity contribution in [3.63, 3.8) is 0 Å². The molecule has 0 saturated heterocycles. The molecule has 0 spiro atoms. The molecule has 8 heteroatoms. The summed E-state index contributed by atoms with van der Waals surface area (Å²) in [5.41, 5.74) is 1.89. The van der Waals surface area contributed by atoms with E-state index in [-0.39, 0.29) is 16.3 Å². The number of methoxy groups -OCH3 is 1. The molecular weight excluding hydrogens is 403 g/mol. The average Bonchev–Trinajstić information content (AvgIpc) is 3.03. The van der Waals surface area contributed by atoms with Gasteiger partial charge in [-0.3, -0.25) is 10.1 Å². The molecule has 0 fully saturated rings. The predicted molar refractivity (Wildman–Crippen MR) is 104 cm³/mol. The molecule has 0 bridgehead atoms. The Labute approximate surface area is 163 Å². The summed E-state index contributed by atoms with van der Waals surface area (Å²) in [6.07, 6.45) is 0. The molecule has 4 nitrogen and oxygen atoms in total. The first-order valence-corrected chi connectivity index (χ1v) is 9.05. The van der Waals surface area contributed by atoms with Crippen molar-refractivity contribution in [2.24, 2.45) is 0 Å². The second-order valence-corrected chi connectivity index (χ2v) is 7.11. The average molecular weight is 414 g/mol. The highest BCUT2D eigenvalue weighted by Gasteiger charge is 2.18. The van der Waals surface area contributed by atoms with Crippen molar-refractivity contribution in [1.82, 2.24) is 4.98 Å². The maximum atomic E-state index is 12.5. The molecule has 0 atom stereocenters. The molecule has 0 aliphatic heterocycles. The molecule has 128 valence electrons. The van der Waals surface area contributed by atoms with Crippen molar-refractivity contribution in [2.75, 3.05) is 12.4 Å². The first-order valence-electron chi connectivity index (χ1n) is 7.04. The van der Waals surface area contributed by atoms with E-state index in [0.29, 0.717) is 15.2 Å². The summed E-state index contributed by atoms with van der Waals surface area (Å²) in [7, 11) is 1.44. The van der Waals surface area contributed by atoms with Crippen molar-refractivity contribution >= 4 is 57.2 Å². The number of hydrogen-bond donors (Lipinski definition) is 1. The van der Waals surface area contributed by atoms with Crippen LogP contribution < -0.4 is 10.1 Å². The van der Waals surface area contributed by atoms with Crippen LogP contribution in [0.15, 0.2) is 41.8 Å². The quantitative estimate of drug-likeness (QED) is 0.568. The molecule has 3 rings (SSSR count). The van der Waals surface area contributed by atoms with E-state index >= 15 is 0 Å². The van der Waals surface area contributed by atoms with Gasteiger partial charge in [-0.05, 0) is 24.3 Å². The van der Waals surface area contributed by atoms with E-state index in [1.165, 1.54) is 30.6 Å². The van der Waals surface area contributed by atoms with Crippen molar-refractivity contribution in [1.29, 1.82) is 0 Å². The number of nitrogens with one attached hydrogen (secondary N) is 1. The Bertz CT molecular complexity index is 926. The normalized spacial score (nSPS) is 10.6. The minimum absolute atomic E-state index is 0.239. The Morgan fingerprint density at radius 3 is 2.52 bits per heavy atom. The molecular formula is C17H11Cl3N2O2S. The van der Waals surface area contributed by atoms with Gasteiger partial charge in [0.15, 0.2) is 5.13 Å². The molecule has 1 N–H and O–H groups in total. The molecule has 2 aromatic carbocycles. The Balaban J connectivity index is 1.84. The topological polar surface area (TPSA) is 51.2 Å². The van der Waals surface area contributed by atoms with Crippen LogP contribution in [0.3, 0.4) is 0 Å². The van der Waals surface area contributed by atoms with Gasteiger partial charge in [-0.15, -0.1) is 11.3 Å². The Hall–Kier alpha value is -1.79. The second kappa shape index (κ2) is 7.62. The van der Waals surface area contributed by atoms with Gasteiger partial charge in [-0.2, -0.15) is 0 Å². The lowest BCUT2D eigenvalue weighted by atomic mass is 10.2. The van der Waals surface area contributed by atoms with Crippen LogP contribution in [0.25, 0.3) is 11.3 Å². The monoisotopic (exact) mass is 412 g/mol. The number of carbonyl (C=O) groups excluding carboxylic acids is 1. The number of anilines is 1. The summed E-state index contributed by atoms with van der Waals surface area (Å²) in [6.45, 7) is 0. The van der Waals surface area contributed by atoms with Crippen molar-refractivity contribution in [3.05, 3.63) is 62.4 Å². The fourth-order valence-electron chi connectivity index (χ4n) is 2.19. The van der Waals surface area contributed by atoms with Crippen LogP contribution in [-0.2, 0) is 0 Å². The van der Waals surface area contributed by atoms with Crippen LogP contribution in [0, 0.1) is 0 Å². The number of ether oxygens (including phenoxy) is 1. The number of aromatic nitrogens is 1. The largest absolute Gasteiger partial charge is 0.494 e. The third kappa shape index (κ3) is 4.07. The number of nitrogens with zero attached hydrogens (tertiary/aromatic N) is 1. The highest BCUT2D eigenvalue weighted by molar-refractivity contribution is 7.14. The summed E-state index contributed by atoms with van der Waals surface area (Å²) in [6, 6.07) is 10.3. The third-order valence-corrected chi connectivity index (χ3v) is 4.83. The van der Waals surface area contributed by atoms with Gasteiger partial charge in [0.25, 0.3) is 5.91 Å². The van der Waals surface area contributed by atoms with E-state index in [0.717, 1.165) is 11.3 Å². The van der Waals surface area contributed by atoms with Crippen LogP contribution in [0.2, 0.25) is 15.1 Å². The summed E-state index contributed by atoms with van der Waals surface area (Å²) < 4.78 is 5.19. The maximum Gasteiger partial charge on any atom is 0.261 e. The summed E-state index contributed by atoms with van der Waals surface area (Å²) in [4.78, 5) is 16.9. The first-order chi connectivity index (χ1) is 12.0. The van der Waals surface area contributed by atoms with Gasteiger partial charge in [0.2, 0.25) is 0 Å². The molecule has 25 heavy (non-hydrogen) atoms. The zero-order valence-corrected chi connectivity index (χ0v) is 15.9. The third-order valence-electron chi connectivity index (χ3n) is 3.32. The van der Waals surface area contributed by atoms with Crippen LogP contribution in [0.1, 0.15) is 10.4 Å². The zero-order chi connectivity index (χ0) is 18.0. The molecule has 3 aromatic rings. The van der Waals surface area contributed by atoms with Crippen molar-refractivity contribution in [2.45, 2.75) is 0 Å². The lowest BCUT2D eigenvalue weighted by Gasteiger charge is -2.10. The van der Waals surface area contributed by atoms with E-state index in [9.17, 15) is 4.79 Å². The number of benzene rings is 2. The van der Waals surface area contributed by atoms with Gasteiger partial charge in [0.1, 0.15) is 5.75 Å². The number of halogens is 3. The highest BCUT2D eigenvalue weighted by atomic mass is 35.5. The van der Waals surface area contributed by atoms with Gasteiger partial charge >= 0.3 is 0 Å². The molecule has 0 saturated carbocycles. The Morgan fingerprint density at radius 1 is 1.12 bits per heavy atom. The molecule has 0 radical (unpaired) electrons. The van der Waals surface area contributed by atoms with E-state index in [4.69, 9.17) is 39.5 Å². The zero-order valence-electron chi connectivity index (χ0n) is 12.8. The van der Waals surface area contributed by atoms with Gasteiger partial charge < -0.3 is 4.74 Å². The van der Waals surface area contributed by atoms with Crippen molar-refractivity contribution in [3.8, 4) is 17.0 Å². The number of rotatable bonds is 4. The number of thiazole rings is 1. The number of carbonyl (C=O) groups is 1. The summed E-state index contributed by atoms with van der Waals surface area (Å²) in [5, 5.41) is 6.29. The minimum atomic E-state index is -0.404. The predicted octanol–water partition coefficient (Wildman–Crippen LogP) is 6.03. The molecule has 1 heterocycles. The molecule has 0 aliphatic rings. The van der Waals surface area contributed by atoms with Gasteiger partial charge in [0, 0.05) is 21.0 Å². The molecule has 1 amide bonds. The van der Waals surface area contributed by atoms with Crippen LogP contribution in [-0.4, -0.2) is 18.0 Å². The fraction of sp³-hybridized carbons (Fsp3) is 0.0588. The van der Waals surface area contributed by atoms with Gasteiger partial charge in [-0.25, -0.2) is 4.98 Å². The van der Waals surface area contributed by atoms with E-state index in [2.05, 4.69) is 10.3 Å². The first kappa shape index (κ1) is 18.0. The van der Waals surface area contributed by atoms with Gasteiger partial charge in [-0.1, -0.05) is 46.9 Å². The maximum absolute atomic E-state index is 12.5. The Morgan fingerprint density at radius 2 is 1.84 bits per heavy atom. The minimum Gasteiger partial charge on any atom is -0.494 e.